The molecule has 0 radical (unpaired) electrons. The number of rotatable bonds is 7. The van der Waals surface area contributed by atoms with E-state index in [1.54, 1.807) is 6.07 Å². The van der Waals surface area contributed by atoms with Crippen LogP contribution in [0.2, 0.25) is 0 Å². The number of nitrogens with zero attached hydrogens (tertiary/aromatic N) is 4. The molecule has 0 aliphatic heterocycles. The molecule has 6 heteroatoms. The fourth-order valence-corrected chi connectivity index (χ4v) is 3.82. The van der Waals surface area contributed by atoms with E-state index in [9.17, 15) is 4.79 Å². The smallest absolute Gasteiger partial charge is 0.252 e. The third kappa shape index (κ3) is 4.32. The van der Waals surface area contributed by atoms with E-state index in [-0.39, 0.29) is 5.56 Å². The Kier molecular flexibility index (Phi) is 5.55. The summed E-state index contributed by atoms with van der Waals surface area (Å²) in [5, 5.41) is 4.55. The fourth-order valence-electron chi connectivity index (χ4n) is 3.82. The molecule has 0 saturated heterocycles. The van der Waals surface area contributed by atoms with Crippen LogP contribution in [0, 0.1) is 0 Å². The summed E-state index contributed by atoms with van der Waals surface area (Å²) in [4.78, 5) is 21.7. The van der Waals surface area contributed by atoms with E-state index >= 15 is 0 Å². The van der Waals surface area contributed by atoms with Crippen LogP contribution < -0.4 is 10.5 Å². The van der Waals surface area contributed by atoms with Crippen LogP contribution in [0.1, 0.15) is 35.4 Å². The van der Waals surface area contributed by atoms with Crippen molar-refractivity contribution in [2.24, 2.45) is 0 Å². The molecule has 28 heavy (non-hydrogen) atoms. The zero-order chi connectivity index (χ0) is 19.3. The third-order valence-corrected chi connectivity index (χ3v) is 5.45. The van der Waals surface area contributed by atoms with E-state index < -0.39 is 0 Å². The number of nitrogens with one attached hydrogen (secondary N) is 1. The summed E-state index contributed by atoms with van der Waals surface area (Å²) in [5.41, 5.74) is 4.72. The van der Waals surface area contributed by atoms with Gasteiger partial charge in [0, 0.05) is 38.3 Å². The standard InChI is InChI=1S/C22H27N5O/c1-26(13-11-17-7-3-2-4-8-17)22-24-19(15-21(28)25-22)12-14-27-20-10-6-5-9-18(20)16-23-27/h2-4,7-8,15-16H,5-6,9-14H2,1H3,(H,24,25,28). The number of hydrogen-bond acceptors (Lipinski definition) is 4. The zero-order valence-electron chi connectivity index (χ0n) is 16.4. The molecule has 0 bridgehead atoms. The van der Waals surface area contributed by atoms with Crippen LogP contribution in [0.3, 0.4) is 0 Å². The van der Waals surface area contributed by atoms with E-state index in [2.05, 4.69) is 31.9 Å². The van der Waals surface area contributed by atoms with Crippen LogP contribution in [0.25, 0.3) is 0 Å². The normalized spacial score (nSPS) is 13.3. The lowest BCUT2D eigenvalue weighted by molar-refractivity contribution is 0.553. The lowest BCUT2D eigenvalue weighted by atomic mass is 9.98. The van der Waals surface area contributed by atoms with E-state index in [4.69, 9.17) is 0 Å². The maximum atomic E-state index is 12.1. The van der Waals surface area contributed by atoms with Crippen LogP contribution in [0.4, 0.5) is 5.95 Å². The number of H-pyrrole nitrogens is 1. The molecule has 1 N–H and O–H groups in total. The Morgan fingerprint density at radius 3 is 2.82 bits per heavy atom. The zero-order valence-corrected chi connectivity index (χ0v) is 16.4. The van der Waals surface area contributed by atoms with Gasteiger partial charge in [-0.05, 0) is 43.2 Å². The number of hydrogen-bond donors (Lipinski definition) is 1. The Morgan fingerprint density at radius 2 is 1.96 bits per heavy atom. The predicted molar refractivity (Wildman–Crippen MR) is 111 cm³/mol. The van der Waals surface area contributed by atoms with Gasteiger partial charge in [-0.1, -0.05) is 30.3 Å². The molecule has 2 heterocycles. The molecule has 6 nitrogen and oxygen atoms in total. The molecule has 4 rings (SSSR count). The largest absolute Gasteiger partial charge is 0.345 e. The van der Waals surface area contributed by atoms with E-state index in [0.29, 0.717) is 12.4 Å². The van der Waals surface area contributed by atoms with Gasteiger partial charge in [-0.3, -0.25) is 14.5 Å². The van der Waals surface area contributed by atoms with Gasteiger partial charge in [0.15, 0.2) is 0 Å². The first kappa shape index (κ1) is 18.5. The molecule has 2 aromatic heterocycles. The summed E-state index contributed by atoms with van der Waals surface area (Å²) in [5.74, 6) is 0.626. The van der Waals surface area contributed by atoms with Crippen LogP contribution in [0.15, 0.2) is 47.4 Å². The number of aryl methyl sites for hydroxylation is 3. The summed E-state index contributed by atoms with van der Waals surface area (Å²) in [7, 11) is 1.97. The highest BCUT2D eigenvalue weighted by Gasteiger charge is 2.15. The Morgan fingerprint density at radius 1 is 1.14 bits per heavy atom. The first-order valence-electron chi connectivity index (χ1n) is 10.1. The van der Waals surface area contributed by atoms with E-state index in [0.717, 1.165) is 38.0 Å². The molecule has 3 aromatic rings. The second-order valence-electron chi connectivity index (χ2n) is 7.51. The molecule has 0 spiro atoms. The number of aromatic nitrogens is 4. The topological polar surface area (TPSA) is 66.8 Å². The van der Waals surface area contributed by atoms with Gasteiger partial charge in [-0.2, -0.15) is 5.10 Å². The number of aromatic amines is 1. The molecular formula is C22H27N5O. The van der Waals surface area contributed by atoms with Crippen molar-refractivity contribution in [3.8, 4) is 0 Å². The predicted octanol–water partition coefficient (Wildman–Crippen LogP) is 2.77. The molecule has 0 unspecified atom stereocenters. The average molecular weight is 377 g/mol. The molecule has 0 atom stereocenters. The van der Waals surface area contributed by atoms with Gasteiger partial charge < -0.3 is 4.90 Å². The quantitative estimate of drug-likeness (QED) is 0.688. The van der Waals surface area contributed by atoms with Gasteiger partial charge in [0.05, 0.1) is 11.9 Å². The summed E-state index contributed by atoms with van der Waals surface area (Å²) >= 11 is 0. The van der Waals surface area contributed by atoms with E-state index in [1.165, 1.54) is 29.7 Å². The van der Waals surface area contributed by atoms with Gasteiger partial charge in [0.2, 0.25) is 5.95 Å². The Bertz CT molecular complexity index is 976. The number of anilines is 1. The molecule has 146 valence electrons. The van der Waals surface area contributed by atoms with Crippen LogP contribution in [-0.4, -0.2) is 33.3 Å². The molecule has 1 aliphatic carbocycles. The van der Waals surface area contributed by atoms with Crippen molar-refractivity contribution in [3.63, 3.8) is 0 Å². The maximum absolute atomic E-state index is 12.1. The Balaban J connectivity index is 1.42. The van der Waals surface area contributed by atoms with Gasteiger partial charge in [-0.25, -0.2) is 4.98 Å². The van der Waals surface area contributed by atoms with Gasteiger partial charge in [-0.15, -0.1) is 0 Å². The van der Waals surface area contributed by atoms with Crippen LogP contribution in [-0.2, 0) is 32.2 Å². The highest BCUT2D eigenvalue weighted by atomic mass is 16.1. The first-order valence-corrected chi connectivity index (χ1v) is 10.1. The highest BCUT2D eigenvalue weighted by Crippen LogP contribution is 2.20. The lowest BCUT2D eigenvalue weighted by Gasteiger charge is -2.18. The summed E-state index contributed by atoms with van der Waals surface area (Å²) < 4.78 is 2.09. The second kappa shape index (κ2) is 8.42. The van der Waals surface area contributed by atoms with Crippen molar-refractivity contribution in [2.45, 2.75) is 45.1 Å². The van der Waals surface area contributed by atoms with Crippen molar-refractivity contribution in [1.82, 2.24) is 19.7 Å². The lowest BCUT2D eigenvalue weighted by Crippen LogP contribution is -2.26. The van der Waals surface area contributed by atoms with Crippen molar-refractivity contribution in [1.29, 1.82) is 0 Å². The molecular weight excluding hydrogens is 350 g/mol. The summed E-state index contributed by atoms with van der Waals surface area (Å²) in [6.07, 6.45) is 8.34. The second-order valence-corrected chi connectivity index (χ2v) is 7.51. The highest BCUT2D eigenvalue weighted by molar-refractivity contribution is 5.30. The monoisotopic (exact) mass is 377 g/mol. The van der Waals surface area contributed by atoms with Crippen molar-refractivity contribution in [2.75, 3.05) is 18.5 Å². The number of benzene rings is 1. The number of fused-ring (bicyclic) bond motifs is 1. The number of likely N-dealkylation sites (N-methyl/N-ethyl adjacent to an activating group) is 1. The fraction of sp³-hybridized carbons (Fsp3) is 0.409. The molecule has 1 aliphatic rings. The maximum Gasteiger partial charge on any atom is 0.252 e. The van der Waals surface area contributed by atoms with Crippen LogP contribution >= 0.6 is 0 Å². The van der Waals surface area contributed by atoms with Crippen molar-refractivity contribution >= 4 is 5.95 Å². The minimum Gasteiger partial charge on any atom is -0.345 e. The van der Waals surface area contributed by atoms with E-state index in [1.807, 2.05) is 36.3 Å². The molecule has 0 saturated carbocycles. The molecule has 0 amide bonds. The Labute approximate surface area is 165 Å². The van der Waals surface area contributed by atoms with Crippen molar-refractivity contribution < 1.29 is 0 Å². The van der Waals surface area contributed by atoms with Gasteiger partial charge in [0.1, 0.15) is 0 Å². The minimum atomic E-state index is -0.103. The van der Waals surface area contributed by atoms with Gasteiger partial charge in [0.25, 0.3) is 5.56 Å². The summed E-state index contributed by atoms with van der Waals surface area (Å²) in [6, 6.07) is 11.9. The SMILES string of the molecule is CN(CCc1ccccc1)c1nc(CCn2ncc3c2CCCC3)cc(=O)[nH]1. The molecule has 1 aromatic carbocycles. The van der Waals surface area contributed by atoms with Gasteiger partial charge >= 0.3 is 0 Å². The first-order chi connectivity index (χ1) is 13.7. The Hall–Kier alpha value is -2.89. The van der Waals surface area contributed by atoms with Crippen LogP contribution in [0.5, 0.6) is 0 Å². The third-order valence-electron chi connectivity index (χ3n) is 5.45. The molecule has 0 fully saturated rings. The summed E-state index contributed by atoms with van der Waals surface area (Å²) in [6.45, 7) is 1.56. The van der Waals surface area contributed by atoms with Crippen molar-refractivity contribution in [3.05, 3.63) is 75.5 Å². The minimum absolute atomic E-state index is 0.103. The average Bonchev–Trinajstić information content (AvgIpc) is 3.14.